The van der Waals surface area contributed by atoms with E-state index in [1.165, 1.54) is 0 Å². The second-order valence-corrected chi connectivity index (χ2v) is 3.91. The molecule has 5 heteroatoms. The molecule has 0 aliphatic carbocycles. The molecule has 1 amide bonds. The molecule has 1 aromatic carbocycles. The van der Waals surface area contributed by atoms with E-state index in [2.05, 4.69) is 5.32 Å². The summed E-state index contributed by atoms with van der Waals surface area (Å²) in [6.45, 7) is 4.35. The summed E-state index contributed by atoms with van der Waals surface area (Å²) in [6, 6.07) is 4.83. The Morgan fingerprint density at radius 2 is 2.18 bits per heavy atom. The molecule has 0 fully saturated rings. The number of nitrogen functional groups attached to an aromatic ring is 1. The number of rotatable bonds is 6. The quantitative estimate of drug-likeness (QED) is 0.651. The van der Waals surface area contributed by atoms with Crippen LogP contribution in [0.15, 0.2) is 18.2 Å². The Kier molecular flexibility index (Phi) is 4.63. The van der Waals surface area contributed by atoms with Gasteiger partial charge in [-0.05, 0) is 19.4 Å². The lowest BCUT2D eigenvalue weighted by Crippen LogP contribution is -2.32. The average Bonchev–Trinajstić information content (AvgIpc) is 2.25. The highest BCUT2D eigenvalue weighted by molar-refractivity contribution is 5.82. The summed E-state index contributed by atoms with van der Waals surface area (Å²) in [5.74, 6) is 0.273. The largest absolute Gasteiger partial charge is 0.493 e. The van der Waals surface area contributed by atoms with Gasteiger partial charge in [0.05, 0.1) is 6.61 Å². The smallest absolute Gasteiger partial charge is 0.239 e. The number of hydrogen-bond acceptors (Lipinski definition) is 4. The molecule has 0 heterocycles. The van der Waals surface area contributed by atoms with Crippen LogP contribution in [0, 0.1) is 0 Å². The maximum absolute atomic E-state index is 10.9. The number of nitrogens with two attached hydrogens (primary N) is 2. The van der Waals surface area contributed by atoms with E-state index < -0.39 is 11.9 Å². The summed E-state index contributed by atoms with van der Waals surface area (Å²) in [7, 11) is 0. The Bertz CT molecular complexity index is 393. The lowest BCUT2D eigenvalue weighted by Gasteiger charge is -2.14. The molecular weight excluding hydrogens is 218 g/mol. The molecule has 1 aromatic rings. The maximum atomic E-state index is 10.9. The van der Waals surface area contributed by atoms with Crippen molar-refractivity contribution in [2.24, 2.45) is 5.73 Å². The van der Waals surface area contributed by atoms with Gasteiger partial charge in [0.1, 0.15) is 11.8 Å². The number of benzene rings is 1. The van der Waals surface area contributed by atoms with Crippen molar-refractivity contribution in [2.75, 3.05) is 17.7 Å². The Morgan fingerprint density at radius 1 is 1.47 bits per heavy atom. The average molecular weight is 237 g/mol. The van der Waals surface area contributed by atoms with Crippen LogP contribution in [-0.4, -0.2) is 18.6 Å². The third-order valence-corrected chi connectivity index (χ3v) is 2.21. The monoisotopic (exact) mass is 237 g/mol. The summed E-state index contributed by atoms with van der Waals surface area (Å²) in [5, 5.41) is 2.96. The van der Waals surface area contributed by atoms with E-state index in [4.69, 9.17) is 16.2 Å². The van der Waals surface area contributed by atoms with E-state index in [-0.39, 0.29) is 0 Å². The first-order valence-electron chi connectivity index (χ1n) is 5.62. The summed E-state index contributed by atoms with van der Waals surface area (Å²) in [4.78, 5) is 10.9. The van der Waals surface area contributed by atoms with E-state index in [9.17, 15) is 4.79 Å². The fraction of sp³-hybridized carbons (Fsp3) is 0.417. The highest BCUT2D eigenvalue weighted by Crippen LogP contribution is 2.23. The van der Waals surface area contributed by atoms with E-state index in [0.717, 1.165) is 12.1 Å². The van der Waals surface area contributed by atoms with Gasteiger partial charge in [0, 0.05) is 23.5 Å². The van der Waals surface area contributed by atoms with E-state index in [0.29, 0.717) is 18.0 Å². The molecule has 0 saturated heterocycles. The molecule has 0 bridgehead atoms. The number of amides is 1. The molecule has 1 unspecified atom stereocenters. The number of anilines is 2. The summed E-state index contributed by atoms with van der Waals surface area (Å²) < 4.78 is 5.48. The molecule has 0 aliphatic heterocycles. The SMILES string of the molecule is CCCOc1cc(N)cc(NC(C)C(N)=O)c1. The van der Waals surface area contributed by atoms with Crippen molar-refractivity contribution < 1.29 is 9.53 Å². The molecule has 1 atom stereocenters. The zero-order chi connectivity index (χ0) is 12.8. The van der Waals surface area contributed by atoms with Crippen molar-refractivity contribution in [1.82, 2.24) is 0 Å². The third-order valence-electron chi connectivity index (χ3n) is 2.21. The van der Waals surface area contributed by atoms with Gasteiger partial charge in [0.2, 0.25) is 5.91 Å². The molecule has 0 radical (unpaired) electrons. The number of primary amides is 1. The van der Waals surface area contributed by atoms with E-state index >= 15 is 0 Å². The highest BCUT2D eigenvalue weighted by Gasteiger charge is 2.09. The van der Waals surface area contributed by atoms with Gasteiger partial charge in [0.25, 0.3) is 0 Å². The molecule has 0 aromatic heterocycles. The topological polar surface area (TPSA) is 90.4 Å². The predicted octanol–water partition coefficient (Wildman–Crippen LogP) is 1.34. The normalized spacial score (nSPS) is 11.9. The van der Waals surface area contributed by atoms with Crippen LogP contribution in [0.1, 0.15) is 20.3 Å². The fourth-order valence-electron chi connectivity index (χ4n) is 1.33. The molecule has 5 N–H and O–H groups in total. The van der Waals surface area contributed by atoms with Crippen molar-refractivity contribution in [3.05, 3.63) is 18.2 Å². The zero-order valence-electron chi connectivity index (χ0n) is 10.2. The van der Waals surface area contributed by atoms with Crippen LogP contribution in [0.2, 0.25) is 0 Å². The number of nitrogens with one attached hydrogen (secondary N) is 1. The van der Waals surface area contributed by atoms with Crippen molar-refractivity contribution in [3.63, 3.8) is 0 Å². The Morgan fingerprint density at radius 3 is 2.76 bits per heavy atom. The molecular formula is C12H19N3O2. The predicted molar refractivity (Wildman–Crippen MR) is 68.9 cm³/mol. The van der Waals surface area contributed by atoms with Crippen LogP contribution >= 0.6 is 0 Å². The van der Waals surface area contributed by atoms with Gasteiger partial charge in [0.15, 0.2) is 0 Å². The molecule has 5 nitrogen and oxygen atoms in total. The standard InChI is InChI=1S/C12H19N3O2/c1-3-4-17-11-6-9(13)5-10(7-11)15-8(2)12(14)16/h5-8,15H,3-4,13H2,1-2H3,(H2,14,16). The van der Waals surface area contributed by atoms with Gasteiger partial charge in [-0.3, -0.25) is 4.79 Å². The van der Waals surface area contributed by atoms with Gasteiger partial charge in [-0.1, -0.05) is 6.92 Å². The Balaban J connectivity index is 2.78. The number of ether oxygens (including phenoxy) is 1. The van der Waals surface area contributed by atoms with Crippen molar-refractivity contribution >= 4 is 17.3 Å². The minimum atomic E-state index is -0.448. The molecule has 17 heavy (non-hydrogen) atoms. The van der Waals surface area contributed by atoms with Gasteiger partial charge in [-0.25, -0.2) is 0 Å². The van der Waals surface area contributed by atoms with Crippen molar-refractivity contribution in [3.8, 4) is 5.75 Å². The van der Waals surface area contributed by atoms with Crippen LogP contribution in [0.3, 0.4) is 0 Å². The van der Waals surface area contributed by atoms with Gasteiger partial charge in [-0.2, -0.15) is 0 Å². The van der Waals surface area contributed by atoms with Crippen LogP contribution in [0.25, 0.3) is 0 Å². The van der Waals surface area contributed by atoms with Crippen molar-refractivity contribution in [1.29, 1.82) is 0 Å². The summed E-state index contributed by atoms with van der Waals surface area (Å²) >= 11 is 0. The molecule has 94 valence electrons. The molecule has 0 spiro atoms. The number of carbonyl (C=O) groups is 1. The second kappa shape index (κ2) is 5.98. The Labute approximate surface area is 101 Å². The van der Waals surface area contributed by atoms with Crippen LogP contribution in [-0.2, 0) is 4.79 Å². The van der Waals surface area contributed by atoms with E-state index in [1.807, 2.05) is 6.92 Å². The van der Waals surface area contributed by atoms with E-state index in [1.54, 1.807) is 25.1 Å². The molecule has 1 rings (SSSR count). The first-order valence-corrected chi connectivity index (χ1v) is 5.62. The summed E-state index contributed by atoms with van der Waals surface area (Å²) in [6.07, 6.45) is 0.926. The summed E-state index contributed by atoms with van der Waals surface area (Å²) in [5.41, 5.74) is 12.2. The number of hydrogen-bond donors (Lipinski definition) is 3. The maximum Gasteiger partial charge on any atom is 0.239 e. The highest BCUT2D eigenvalue weighted by atomic mass is 16.5. The molecule has 0 aliphatic rings. The van der Waals surface area contributed by atoms with Gasteiger partial charge >= 0.3 is 0 Å². The number of carbonyl (C=O) groups excluding carboxylic acids is 1. The first kappa shape index (κ1) is 13.2. The Hall–Kier alpha value is -1.91. The van der Waals surface area contributed by atoms with Gasteiger partial charge in [-0.15, -0.1) is 0 Å². The first-order chi connectivity index (χ1) is 8.02. The minimum absolute atomic E-state index is 0.413. The van der Waals surface area contributed by atoms with Gasteiger partial charge < -0.3 is 21.5 Å². The van der Waals surface area contributed by atoms with Crippen LogP contribution in [0.4, 0.5) is 11.4 Å². The lowest BCUT2D eigenvalue weighted by molar-refractivity contribution is -0.118. The van der Waals surface area contributed by atoms with Crippen molar-refractivity contribution in [2.45, 2.75) is 26.3 Å². The molecule has 0 saturated carbocycles. The third kappa shape index (κ3) is 4.22. The zero-order valence-corrected chi connectivity index (χ0v) is 10.2. The second-order valence-electron chi connectivity index (χ2n) is 3.91. The van der Waals surface area contributed by atoms with Crippen LogP contribution in [0.5, 0.6) is 5.75 Å². The minimum Gasteiger partial charge on any atom is -0.493 e. The van der Waals surface area contributed by atoms with Crippen LogP contribution < -0.4 is 21.5 Å². The fourth-order valence-corrected chi connectivity index (χ4v) is 1.33. The lowest BCUT2D eigenvalue weighted by atomic mass is 10.2.